The topological polar surface area (TPSA) is 56.2 Å². The van der Waals surface area contributed by atoms with Crippen molar-refractivity contribution in [2.45, 2.75) is 64.8 Å². The van der Waals surface area contributed by atoms with Crippen LogP contribution >= 0.6 is 0 Å². The van der Waals surface area contributed by atoms with E-state index in [0.717, 1.165) is 24.3 Å². The Kier molecular flexibility index (Phi) is 8.95. The van der Waals surface area contributed by atoms with Gasteiger partial charge in [0.2, 0.25) is 0 Å². The lowest BCUT2D eigenvalue weighted by Gasteiger charge is -2.11. The molecule has 0 spiro atoms. The van der Waals surface area contributed by atoms with Crippen LogP contribution in [0.5, 0.6) is 5.75 Å². The number of rotatable bonds is 13. The average molecular weight is 422 g/mol. The lowest BCUT2D eigenvalue weighted by molar-refractivity contribution is 0.0951. The Morgan fingerprint density at radius 1 is 0.968 bits per heavy atom. The first-order valence-corrected chi connectivity index (χ1v) is 11.6. The summed E-state index contributed by atoms with van der Waals surface area (Å²) in [6, 6.07) is 15.6. The molecule has 0 bridgehead atoms. The molecule has 1 amide bonds. The summed E-state index contributed by atoms with van der Waals surface area (Å²) in [5.41, 5.74) is 2.76. The minimum absolute atomic E-state index is 0.118. The first-order valence-electron chi connectivity index (χ1n) is 11.6. The van der Waals surface area contributed by atoms with Crippen LogP contribution in [0.4, 0.5) is 0 Å². The second-order valence-corrected chi connectivity index (χ2v) is 8.00. The number of unbranched alkanes of at least 4 members (excludes halogenated alkanes) is 6. The van der Waals surface area contributed by atoms with Crippen molar-refractivity contribution in [3.8, 4) is 5.75 Å². The van der Waals surface area contributed by atoms with Crippen LogP contribution in [-0.2, 0) is 13.0 Å². The van der Waals surface area contributed by atoms with E-state index in [4.69, 9.17) is 9.72 Å². The normalized spacial score (nSPS) is 11.0. The van der Waals surface area contributed by atoms with E-state index in [1.165, 1.54) is 44.0 Å². The molecule has 0 atom stereocenters. The molecule has 0 saturated heterocycles. The quantitative estimate of drug-likeness (QED) is 0.357. The van der Waals surface area contributed by atoms with Gasteiger partial charge in [0.25, 0.3) is 5.91 Å². The number of hydrogen-bond acceptors (Lipinski definition) is 3. The van der Waals surface area contributed by atoms with Gasteiger partial charge in [-0.3, -0.25) is 4.79 Å². The van der Waals surface area contributed by atoms with E-state index in [0.29, 0.717) is 24.3 Å². The molecule has 0 aliphatic rings. The summed E-state index contributed by atoms with van der Waals surface area (Å²) in [4.78, 5) is 17.4. The molecule has 2 aromatic carbocycles. The second kappa shape index (κ2) is 12.1. The van der Waals surface area contributed by atoms with Gasteiger partial charge in [-0.15, -0.1) is 0 Å². The van der Waals surface area contributed by atoms with Crippen molar-refractivity contribution in [3.05, 3.63) is 59.9 Å². The van der Waals surface area contributed by atoms with Gasteiger partial charge in [-0.05, 0) is 30.7 Å². The van der Waals surface area contributed by atoms with E-state index >= 15 is 0 Å². The van der Waals surface area contributed by atoms with E-state index in [1.54, 1.807) is 19.2 Å². The van der Waals surface area contributed by atoms with E-state index < -0.39 is 0 Å². The standard InChI is InChI=1S/C26H35N3O2/c1-3-4-5-6-7-8-13-20-29-23-16-11-10-15-22(23)28-25(29)18-19-27-26(30)21-14-9-12-17-24(21)31-2/h9-12,14-17H,3-8,13,18-20H2,1-2H3,(H,27,30). The Morgan fingerprint density at radius 2 is 1.68 bits per heavy atom. The number of hydrogen-bond donors (Lipinski definition) is 1. The molecule has 3 rings (SSSR count). The minimum Gasteiger partial charge on any atom is -0.496 e. The maximum Gasteiger partial charge on any atom is 0.255 e. The second-order valence-electron chi connectivity index (χ2n) is 8.00. The zero-order chi connectivity index (χ0) is 21.9. The molecule has 1 heterocycles. The summed E-state index contributed by atoms with van der Waals surface area (Å²) in [6.07, 6.45) is 9.73. The third kappa shape index (κ3) is 6.33. The lowest BCUT2D eigenvalue weighted by Crippen LogP contribution is -2.27. The summed E-state index contributed by atoms with van der Waals surface area (Å²) in [6.45, 7) is 3.77. The Bertz CT molecular complexity index is 964. The van der Waals surface area contributed by atoms with Gasteiger partial charge in [-0.1, -0.05) is 69.7 Å². The summed E-state index contributed by atoms with van der Waals surface area (Å²) in [5.74, 6) is 1.51. The number of aromatic nitrogens is 2. The number of benzene rings is 2. The van der Waals surface area contributed by atoms with Crippen LogP contribution in [-0.4, -0.2) is 29.1 Å². The minimum atomic E-state index is -0.118. The number of amides is 1. The van der Waals surface area contributed by atoms with Gasteiger partial charge in [-0.2, -0.15) is 0 Å². The van der Waals surface area contributed by atoms with E-state index in [9.17, 15) is 4.79 Å². The van der Waals surface area contributed by atoms with Gasteiger partial charge in [0, 0.05) is 19.5 Å². The highest BCUT2D eigenvalue weighted by Gasteiger charge is 2.13. The Labute approximate surface area is 185 Å². The molecular formula is C26H35N3O2. The van der Waals surface area contributed by atoms with Crippen molar-refractivity contribution >= 4 is 16.9 Å². The first kappa shape index (κ1) is 22.9. The maximum atomic E-state index is 12.6. The number of methoxy groups -OCH3 is 1. The molecular weight excluding hydrogens is 386 g/mol. The predicted molar refractivity (Wildman–Crippen MR) is 127 cm³/mol. The van der Waals surface area contributed by atoms with Gasteiger partial charge in [0.05, 0.1) is 23.7 Å². The number of para-hydroxylation sites is 3. The molecule has 5 nitrogen and oxygen atoms in total. The molecule has 0 saturated carbocycles. The average Bonchev–Trinajstić information content (AvgIpc) is 3.15. The number of aryl methyl sites for hydroxylation is 1. The van der Waals surface area contributed by atoms with Gasteiger partial charge >= 0.3 is 0 Å². The molecule has 5 heteroatoms. The fourth-order valence-corrected chi connectivity index (χ4v) is 4.01. The number of ether oxygens (including phenoxy) is 1. The van der Waals surface area contributed by atoms with Crippen molar-refractivity contribution in [2.75, 3.05) is 13.7 Å². The fourth-order valence-electron chi connectivity index (χ4n) is 4.01. The molecule has 1 N–H and O–H groups in total. The maximum absolute atomic E-state index is 12.6. The Balaban J connectivity index is 1.58. The summed E-state index contributed by atoms with van der Waals surface area (Å²) >= 11 is 0. The van der Waals surface area contributed by atoms with E-state index in [-0.39, 0.29) is 5.91 Å². The Morgan fingerprint density at radius 3 is 2.48 bits per heavy atom. The van der Waals surface area contributed by atoms with Crippen molar-refractivity contribution in [1.82, 2.24) is 14.9 Å². The number of nitrogens with one attached hydrogen (secondary N) is 1. The molecule has 0 radical (unpaired) electrons. The Hall–Kier alpha value is -2.82. The van der Waals surface area contributed by atoms with Crippen molar-refractivity contribution in [3.63, 3.8) is 0 Å². The highest BCUT2D eigenvalue weighted by atomic mass is 16.5. The molecule has 31 heavy (non-hydrogen) atoms. The van der Waals surface area contributed by atoms with Crippen LogP contribution < -0.4 is 10.1 Å². The molecule has 3 aromatic rings. The number of imidazole rings is 1. The number of fused-ring (bicyclic) bond motifs is 1. The first-order chi connectivity index (χ1) is 15.2. The predicted octanol–water partition coefficient (Wildman–Crippen LogP) is 5.77. The van der Waals surface area contributed by atoms with Crippen molar-refractivity contribution < 1.29 is 9.53 Å². The van der Waals surface area contributed by atoms with Crippen LogP contribution in [0.15, 0.2) is 48.5 Å². The third-order valence-electron chi connectivity index (χ3n) is 5.70. The molecule has 0 aliphatic carbocycles. The largest absolute Gasteiger partial charge is 0.496 e. The highest BCUT2D eigenvalue weighted by molar-refractivity contribution is 5.96. The zero-order valence-electron chi connectivity index (χ0n) is 18.9. The summed E-state index contributed by atoms with van der Waals surface area (Å²) in [5, 5.41) is 3.02. The number of carbonyl (C=O) groups is 1. The third-order valence-corrected chi connectivity index (χ3v) is 5.70. The monoisotopic (exact) mass is 421 g/mol. The van der Waals surface area contributed by atoms with Gasteiger partial charge < -0.3 is 14.6 Å². The highest BCUT2D eigenvalue weighted by Crippen LogP contribution is 2.19. The molecule has 0 fully saturated rings. The van der Waals surface area contributed by atoms with Gasteiger partial charge in [0.15, 0.2) is 0 Å². The summed E-state index contributed by atoms with van der Waals surface area (Å²) in [7, 11) is 1.58. The number of nitrogens with zero attached hydrogens (tertiary/aromatic N) is 2. The number of carbonyl (C=O) groups excluding carboxylic acids is 1. The smallest absolute Gasteiger partial charge is 0.255 e. The van der Waals surface area contributed by atoms with Crippen LogP contribution in [0.2, 0.25) is 0 Å². The van der Waals surface area contributed by atoms with Gasteiger partial charge in [-0.25, -0.2) is 4.98 Å². The van der Waals surface area contributed by atoms with Crippen LogP contribution in [0.25, 0.3) is 11.0 Å². The van der Waals surface area contributed by atoms with Gasteiger partial charge in [0.1, 0.15) is 11.6 Å². The molecule has 0 aliphatic heterocycles. The fraction of sp³-hybridized carbons (Fsp3) is 0.462. The zero-order valence-corrected chi connectivity index (χ0v) is 18.9. The molecule has 166 valence electrons. The van der Waals surface area contributed by atoms with Crippen molar-refractivity contribution in [2.24, 2.45) is 0 Å². The van der Waals surface area contributed by atoms with Crippen molar-refractivity contribution in [1.29, 1.82) is 0 Å². The van der Waals surface area contributed by atoms with Crippen LogP contribution in [0.1, 0.15) is 68.1 Å². The molecule has 0 unspecified atom stereocenters. The summed E-state index contributed by atoms with van der Waals surface area (Å²) < 4.78 is 7.63. The lowest BCUT2D eigenvalue weighted by atomic mass is 10.1. The van der Waals surface area contributed by atoms with E-state index in [2.05, 4.69) is 35.0 Å². The SMILES string of the molecule is CCCCCCCCCn1c(CCNC(=O)c2ccccc2OC)nc2ccccc21. The van der Waals surface area contributed by atoms with E-state index in [1.807, 2.05) is 18.2 Å². The van der Waals surface area contributed by atoms with Crippen LogP contribution in [0, 0.1) is 0 Å². The molecule has 1 aromatic heterocycles. The van der Waals surface area contributed by atoms with Crippen LogP contribution in [0.3, 0.4) is 0 Å².